The van der Waals surface area contributed by atoms with Crippen LogP contribution in [0.4, 0.5) is 0 Å². The third-order valence-corrected chi connectivity index (χ3v) is 5.52. The van der Waals surface area contributed by atoms with Gasteiger partial charge in [0.05, 0.1) is 0 Å². The molecule has 2 heterocycles. The number of aliphatic imine (C=N–C) groups is 1. The minimum absolute atomic E-state index is 0.606. The van der Waals surface area contributed by atoms with E-state index in [1.54, 1.807) is 0 Å². The second-order valence-corrected chi connectivity index (χ2v) is 8.53. The molecule has 0 unspecified atom stereocenters. The molecule has 1 saturated heterocycles. The quantitative estimate of drug-likeness (QED) is 0.372. The summed E-state index contributed by atoms with van der Waals surface area (Å²) in [5.41, 5.74) is 0. The molecule has 1 fully saturated rings. The zero-order chi connectivity index (χ0) is 18.6. The van der Waals surface area contributed by atoms with Crippen molar-refractivity contribution in [3.63, 3.8) is 0 Å². The first kappa shape index (κ1) is 21.2. The topological polar surface area (TPSA) is 48.9 Å². The minimum atomic E-state index is 0.606. The maximum Gasteiger partial charge on any atom is 0.190 e. The molecule has 148 valence electrons. The van der Waals surface area contributed by atoms with Crippen LogP contribution in [0.1, 0.15) is 38.0 Å². The summed E-state index contributed by atoms with van der Waals surface area (Å²) in [6.45, 7) is 11.4. The van der Waals surface area contributed by atoms with Crippen LogP contribution in [0, 0.1) is 11.8 Å². The van der Waals surface area contributed by atoms with E-state index in [0.717, 1.165) is 51.1 Å². The summed E-state index contributed by atoms with van der Waals surface area (Å²) in [6.07, 6.45) is 3.53. The molecule has 0 amide bonds. The number of ether oxygens (including phenoxy) is 1. The highest BCUT2D eigenvalue weighted by Crippen LogP contribution is 2.20. The molecular weight excluding hydrogens is 344 g/mol. The molecule has 0 aliphatic carbocycles. The van der Waals surface area contributed by atoms with Crippen LogP contribution in [0.2, 0.25) is 0 Å². The third-order valence-electron chi connectivity index (χ3n) is 4.66. The molecule has 2 rings (SSSR count). The number of hydrogen-bond donors (Lipinski definition) is 2. The molecular formula is C20H36N4OS. The fraction of sp³-hybridized carbons (Fsp3) is 0.750. The Hall–Kier alpha value is -1.11. The highest BCUT2D eigenvalue weighted by Gasteiger charge is 2.19. The van der Waals surface area contributed by atoms with Crippen LogP contribution in [0.15, 0.2) is 22.5 Å². The van der Waals surface area contributed by atoms with Crippen molar-refractivity contribution in [1.29, 1.82) is 0 Å². The minimum Gasteiger partial charge on any atom is -0.381 e. The van der Waals surface area contributed by atoms with Crippen molar-refractivity contribution in [3.8, 4) is 0 Å². The van der Waals surface area contributed by atoms with Gasteiger partial charge < -0.3 is 15.4 Å². The van der Waals surface area contributed by atoms with Gasteiger partial charge in [0, 0.05) is 44.8 Å². The molecule has 0 spiro atoms. The van der Waals surface area contributed by atoms with Crippen LogP contribution < -0.4 is 10.6 Å². The molecule has 1 aliphatic rings. The van der Waals surface area contributed by atoms with Crippen LogP contribution >= 0.6 is 11.3 Å². The molecule has 1 aromatic rings. The maximum atomic E-state index is 5.61. The fourth-order valence-corrected chi connectivity index (χ4v) is 3.88. The summed E-state index contributed by atoms with van der Waals surface area (Å²) in [4.78, 5) is 8.38. The summed E-state index contributed by atoms with van der Waals surface area (Å²) in [7, 11) is 1.84. The van der Waals surface area contributed by atoms with Crippen LogP contribution in [0.25, 0.3) is 0 Å². The van der Waals surface area contributed by atoms with Crippen molar-refractivity contribution in [2.45, 2.75) is 39.7 Å². The first-order valence-corrected chi connectivity index (χ1v) is 10.8. The first-order chi connectivity index (χ1) is 12.7. The Kier molecular flexibility index (Phi) is 10.0. The molecule has 0 atom stereocenters. The van der Waals surface area contributed by atoms with E-state index in [0.29, 0.717) is 5.92 Å². The summed E-state index contributed by atoms with van der Waals surface area (Å²) in [5, 5.41) is 9.04. The average Bonchev–Trinajstić information content (AvgIpc) is 3.14. The average molecular weight is 381 g/mol. The van der Waals surface area contributed by atoms with Crippen molar-refractivity contribution in [2.24, 2.45) is 16.8 Å². The number of piperidine rings is 1. The number of nitrogens with zero attached hydrogens (tertiary/aromatic N) is 2. The summed E-state index contributed by atoms with van der Waals surface area (Å²) >= 11 is 1.86. The standard InChI is InChI=1S/C20H36N4OS/c1-17(2)16-25-12-5-9-22-20(21-3)23-14-18-7-10-24(11-8-18)15-19-6-4-13-26-19/h4,6,13,17-18H,5,7-12,14-16H2,1-3H3,(H2,21,22,23). The normalized spacial score (nSPS) is 17.0. The van der Waals surface area contributed by atoms with Crippen LogP contribution in [-0.2, 0) is 11.3 Å². The second kappa shape index (κ2) is 12.3. The Labute approximate surface area is 163 Å². The molecule has 0 saturated carbocycles. The molecule has 1 aliphatic heterocycles. The summed E-state index contributed by atoms with van der Waals surface area (Å²) in [5.74, 6) is 2.26. The van der Waals surface area contributed by atoms with Crippen molar-refractivity contribution in [1.82, 2.24) is 15.5 Å². The number of nitrogens with one attached hydrogen (secondary N) is 2. The SMILES string of the molecule is CN=C(NCCCOCC(C)C)NCC1CCN(Cc2cccs2)CC1. The summed E-state index contributed by atoms with van der Waals surface area (Å²) in [6, 6.07) is 4.38. The van der Waals surface area contributed by atoms with Gasteiger partial charge in [0.1, 0.15) is 0 Å². The molecule has 5 nitrogen and oxygen atoms in total. The van der Waals surface area contributed by atoms with Crippen molar-refractivity contribution in [2.75, 3.05) is 46.4 Å². The van der Waals surface area contributed by atoms with E-state index in [-0.39, 0.29) is 0 Å². The number of guanidine groups is 1. The van der Waals surface area contributed by atoms with Crippen LogP contribution in [0.3, 0.4) is 0 Å². The summed E-state index contributed by atoms with van der Waals surface area (Å²) < 4.78 is 5.61. The Morgan fingerprint density at radius 3 is 2.81 bits per heavy atom. The molecule has 0 aromatic carbocycles. The van der Waals surface area contributed by atoms with Gasteiger partial charge in [0.15, 0.2) is 5.96 Å². The smallest absolute Gasteiger partial charge is 0.190 e. The van der Waals surface area contributed by atoms with Gasteiger partial charge in [-0.25, -0.2) is 0 Å². The van der Waals surface area contributed by atoms with E-state index in [4.69, 9.17) is 4.74 Å². The lowest BCUT2D eigenvalue weighted by Gasteiger charge is -2.32. The van der Waals surface area contributed by atoms with Crippen molar-refractivity contribution in [3.05, 3.63) is 22.4 Å². The van der Waals surface area contributed by atoms with E-state index in [1.165, 1.54) is 30.8 Å². The van der Waals surface area contributed by atoms with Gasteiger partial charge >= 0.3 is 0 Å². The molecule has 26 heavy (non-hydrogen) atoms. The zero-order valence-electron chi connectivity index (χ0n) is 16.7. The maximum absolute atomic E-state index is 5.61. The number of likely N-dealkylation sites (tertiary alicyclic amines) is 1. The molecule has 0 radical (unpaired) electrons. The van der Waals surface area contributed by atoms with Gasteiger partial charge in [-0.2, -0.15) is 0 Å². The van der Waals surface area contributed by atoms with Gasteiger partial charge in [0.25, 0.3) is 0 Å². The van der Waals surface area contributed by atoms with E-state index >= 15 is 0 Å². The number of hydrogen-bond acceptors (Lipinski definition) is 4. The van der Waals surface area contributed by atoms with E-state index in [1.807, 2.05) is 18.4 Å². The van der Waals surface area contributed by atoms with Crippen LogP contribution in [-0.4, -0.2) is 57.3 Å². The Bertz CT molecular complexity index is 496. The monoisotopic (exact) mass is 380 g/mol. The Morgan fingerprint density at radius 1 is 1.35 bits per heavy atom. The van der Waals surface area contributed by atoms with Gasteiger partial charge in [-0.15, -0.1) is 11.3 Å². The van der Waals surface area contributed by atoms with Gasteiger partial charge in [-0.05, 0) is 55.6 Å². The Morgan fingerprint density at radius 2 is 2.15 bits per heavy atom. The lowest BCUT2D eigenvalue weighted by atomic mass is 9.97. The second-order valence-electron chi connectivity index (χ2n) is 7.50. The predicted molar refractivity (Wildman–Crippen MR) is 112 cm³/mol. The van der Waals surface area contributed by atoms with E-state index < -0.39 is 0 Å². The molecule has 1 aromatic heterocycles. The van der Waals surface area contributed by atoms with Gasteiger partial charge in [-0.3, -0.25) is 9.89 Å². The lowest BCUT2D eigenvalue weighted by Crippen LogP contribution is -2.43. The predicted octanol–water partition coefficient (Wildman–Crippen LogP) is 3.19. The molecule has 6 heteroatoms. The van der Waals surface area contributed by atoms with Crippen LogP contribution in [0.5, 0.6) is 0 Å². The van der Waals surface area contributed by atoms with Crippen molar-refractivity contribution >= 4 is 17.3 Å². The third kappa shape index (κ3) is 8.52. The largest absolute Gasteiger partial charge is 0.381 e. The highest BCUT2D eigenvalue weighted by molar-refractivity contribution is 7.09. The molecule has 2 N–H and O–H groups in total. The molecule has 0 bridgehead atoms. The number of thiophene rings is 1. The zero-order valence-corrected chi connectivity index (χ0v) is 17.5. The Balaban J connectivity index is 1.53. The van der Waals surface area contributed by atoms with Gasteiger partial charge in [0.2, 0.25) is 0 Å². The highest BCUT2D eigenvalue weighted by atomic mass is 32.1. The van der Waals surface area contributed by atoms with Crippen molar-refractivity contribution < 1.29 is 4.74 Å². The number of rotatable bonds is 10. The van der Waals surface area contributed by atoms with E-state index in [9.17, 15) is 0 Å². The first-order valence-electron chi connectivity index (χ1n) is 9.94. The lowest BCUT2D eigenvalue weighted by molar-refractivity contribution is 0.108. The van der Waals surface area contributed by atoms with Gasteiger partial charge in [-0.1, -0.05) is 19.9 Å². The fourth-order valence-electron chi connectivity index (χ4n) is 3.13. The van der Waals surface area contributed by atoms with E-state index in [2.05, 4.69) is 51.9 Å².